The standard InChI is InChI=1S/C4HN3O2S/c8-2-5-4(9)3-1-6-10-7-3/h1H. The molecular weight excluding hydrogens is 154 g/mol. The van der Waals surface area contributed by atoms with Crippen LogP contribution in [0.25, 0.3) is 0 Å². The normalized spacial score (nSPS) is 8.40. The first-order valence-corrected chi connectivity index (χ1v) is 2.97. The Morgan fingerprint density at radius 2 is 2.60 bits per heavy atom. The third kappa shape index (κ3) is 1.31. The van der Waals surface area contributed by atoms with Crippen LogP contribution in [0.2, 0.25) is 0 Å². The van der Waals surface area contributed by atoms with E-state index in [1.165, 1.54) is 6.20 Å². The van der Waals surface area contributed by atoms with Crippen LogP contribution in [0.15, 0.2) is 11.2 Å². The van der Waals surface area contributed by atoms with Gasteiger partial charge in [-0.3, -0.25) is 4.79 Å². The molecule has 1 amide bonds. The molecule has 5 nitrogen and oxygen atoms in total. The smallest absolute Gasteiger partial charge is 0.264 e. The van der Waals surface area contributed by atoms with Crippen molar-refractivity contribution in [3.63, 3.8) is 0 Å². The maximum atomic E-state index is 10.6. The van der Waals surface area contributed by atoms with E-state index >= 15 is 0 Å². The summed E-state index contributed by atoms with van der Waals surface area (Å²) in [6.45, 7) is 0. The van der Waals surface area contributed by atoms with Gasteiger partial charge in [-0.15, -0.1) is 4.99 Å². The van der Waals surface area contributed by atoms with Crippen LogP contribution >= 0.6 is 11.7 Å². The molecule has 0 fully saturated rings. The third-order valence-electron chi connectivity index (χ3n) is 0.728. The zero-order chi connectivity index (χ0) is 7.40. The Hall–Kier alpha value is -1.39. The van der Waals surface area contributed by atoms with Gasteiger partial charge in [-0.05, 0) is 0 Å². The van der Waals surface area contributed by atoms with Crippen molar-refractivity contribution in [2.75, 3.05) is 0 Å². The minimum absolute atomic E-state index is 0.0772. The molecule has 6 heteroatoms. The van der Waals surface area contributed by atoms with E-state index in [1.807, 2.05) is 0 Å². The molecule has 0 aliphatic heterocycles. The predicted octanol–water partition coefficient (Wildman–Crippen LogP) is 0.0141. The highest BCUT2D eigenvalue weighted by Crippen LogP contribution is 1.95. The molecule has 0 aromatic carbocycles. The van der Waals surface area contributed by atoms with E-state index in [9.17, 15) is 9.59 Å². The lowest BCUT2D eigenvalue weighted by molar-refractivity contribution is 0.0999. The van der Waals surface area contributed by atoms with E-state index < -0.39 is 5.91 Å². The van der Waals surface area contributed by atoms with Gasteiger partial charge in [0.1, 0.15) is 0 Å². The lowest BCUT2D eigenvalue weighted by atomic mass is 10.5. The second-order valence-corrected chi connectivity index (χ2v) is 1.86. The summed E-state index contributed by atoms with van der Waals surface area (Å²) in [6, 6.07) is 0. The fourth-order valence-electron chi connectivity index (χ4n) is 0.358. The minimum atomic E-state index is -0.705. The van der Waals surface area contributed by atoms with Gasteiger partial charge in [0.25, 0.3) is 0 Å². The van der Waals surface area contributed by atoms with Crippen LogP contribution in [0.3, 0.4) is 0 Å². The molecule has 0 radical (unpaired) electrons. The molecule has 1 heterocycles. The molecule has 1 aromatic rings. The van der Waals surface area contributed by atoms with Crippen molar-refractivity contribution in [3.8, 4) is 0 Å². The first kappa shape index (κ1) is 6.73. The largest absolute Gasteiger partial charge is 0.309 e. The molecule has 0 bridgehead atoms. The maximum absolute atomic E-state index is 10.6. The van der Waals surface area contributed by atoms with Crippen molar-refractivity contribution in [3.05, 3.63) is 11.9 Å². The van der Waals surface area contributed by atoms with Crippen molar-refractivity contribution in [1.29, 1.82) is 0 Å². The van der Waals surface area contributed by atoms with Crippen molar-refractivity contribution in [1.82, 2.24) is 8.75 Å². The van der Waals surface area contributed by atoms with Crippen LogP contribution in [0, 0.1) is 0 Å². The predicted molar refractivity (Wildman–Crippen MR) is 32.4 cm³/mol. The summed E-state index contributed by atoms with van der Waals surface area (Å²) < 4.78 is 7.09. The fraction of sp³-hybridized carbons (Fsp3) is 0. The molecule has 10 heavy (non-hydrogen) atoms. The Morgan fingerprint density at radius 1 is 1.80 bits per heavy atom. The number of amides is 1. The Kier molecular flexibility index (Phi) is 1.99. The summed E-state index contributed by atoms with van der Waals surface area (Å²) in [7, 11) is 0. The molecule has 0 aliphatic rings. The molecule has 0 atom stereocenters. The quantitative estimate of drug-likeness (QED) is 0.423. The molecule has 50 valence electrons. The van der Waals surface area contributed by atoms with Gasteiger partial charge >= 0.3 is 5.91 Å². The van der Waals surface area contributed by atoms with Crippen molar-refractivity contribution in [2.45, 2.75) is 0 Å². The van der Waals surface area contributed by atoms with Crippen LogP contribution in [0.4, 0.5) is 0 Å². The van der Waals surface area contributed by atoms with Crippen LogP contribution < -0.4 is 0 Å². The van der Waals surface area contributed by atoms with Gasteiger partial charge in [-0.25, -0.2) is 4.79 Å². The zero-order valence-corrected chi connectivity index (χ0v) is 5.46. The number of rotatable bonds is 1. The first-order valence-electron chi connectivity index (χ1n) is 2.24. The molecule has 1 rings (SSSR count). The zero-order valence-electron chi connectivity index (χ0n) is 4.64. The van der Waals surface area contributed by atoms with Gasteiger partial charge in [0, 0.05) is 0 Å². The van der Waals surface area contributed by atoms with E-state index in [1.54, 1.807) is 0 Å². The third-order valence-corrected chi connectivity index (χ3v) is 1.21. The van der Waals surface area contributed by atoms with Gasteiger partial charge < -0.3 is 0 Å². The number of aliphatic imine (C=N–C) groups is 1. The second-order valence-electron chi connectivity index (χ2n) is 1.30. The Bertz CT molecular complexity index is 275. The highest BCUT2D eigenvalue weighted by Gasteiger charge is 2.05. The van der Waals surface area contributed by atoms with E-state index in [4.69, 9.17) is 0 Å². The van der Waals surface area contributed by atoms with E-state index in [-0.39, 0.29) is 5.69 Å². The topological polar surface area (TPSA) is 72.3 Å². The Morgan fingerprint density at radius 3 is 3.10 bits per heavy atom. The maximum Gasteiger partial charge on any atom is 0.309 e. The van der Waals surface area contributed by atoms with Gasteiger partial charge in [0.2, 0.25) is 6.08 Å². The Balaban J connectivity index is 2.87. The lowest BCUT2D eigenvalue weighted by Gasteiger charge is -1.76. The Labute approximate surface area is 59.7 Å². The number of nitrogens with zero attached hydrogens (tertiary/aromatic N) is 3. The molecular formula is C4HN3O2S. The molecule has 0 N–H and O–H groups in total. The van der Waals surface area contributed by atoms with Gasteiger partial charge in [0.15, 0.2) is 5.69 Å². The lowest BCUT2D eigenvalue weighted by Crippen LogP contribution is -1.92. The summed E-state index contributed by atoms with van der Waals surface area (Å²) in [5, 5.41) is 0. The fourth-order valence-corrected chi connectivity index (χ4v) is 0.765. The monoisotopic (exact) mass is 155 g/mol. The summed E-state index contributed by atoms with van der Waals surface area (Å²) in [5.41, 5.74) is 0.0772. The number of hydrogen-bond acceptors (Lipinski definition) is 5. The molecule has 0 aliphatic carbocycles. The number of carbonyl (C=O) groups is 1. The minimum Gasteiger partial charge on any atom is -0.264 e. The highest BCUT2D eigenvalue weighted by molar-refractivity contribution is 6.99. The van der Waals surface area contributed by atoms with Crippen LogP contribution in [-0.4, -0.2) is 20.7 Å². The van der Waals surface area contributed by atoms with Gasteiger partial charge in [-0.2, -0.15) is 8.75 Å². The van der Waals surface area contributed by atoms with Crippen molar-refractivity contribution < 1.29 is 9.59 Å². The number of carbonyl (C=O) groups excluding carboxylic acids is 2. The second kappa shape index (κ2) is 2.95. The average Bonchev–Trinajstić information content (AvgIpc) is 2.38. The van der Waals surface area contributed by atoms with Crippen LogP contribution in [0.1, 0.15) is 10.5 Å². The van der Waals surface area contributed by atoms with E-state index in [2.05, 4.69) is 13.7 Å². The summed E-state index contributed by atoms with van der Waals surface area (Å²) in [4.78, 5) is 23.0. The van der Waals surface area contributed by atoms with Crippen molar-refractivity contribution in [2.24, 2.45) is 4.99 Å². The molecule has 0 spiro atoms. The first-order chi connectivity index (χ1) is 4.84. The summed E-state index contributed by atoms with van der Waals surface area (Å²) in [5.74, 6) is -0.705. The van der Waals surface area contributed by atoms with Gasteiger partial charge in [-0.1, -0.05) is 0 Å². The van der Waals surface area contributed by atoms with Gasteiger partial charge in [0.05, 0.1) is 17.9 Å². The summed E-state index contributed by atoms with van der Waals surface area (Å²) in [6.07, 6.45) is 2.36. The number of hydrogen-bond donors (Lipinski definition) is 0. The average molecular weight is 155 g/mol. The van der Waals surface area contributed by atoms with E-state index in [0.717, 1.165) is 17.8 Å². The molecule has 0 saturated heterocycles. The SMILES string of the molecule is O=C=NC(=O)c1cnsn1. The number of isocyanates is 1. The highest BCUT2D eigenvalue weighted by atomic mass is 32.1. The van der Waals surface area contributed by atoms with Crippen molar-refractivity contribution >= 4 is 23.7 Å². The number of aromatic nitrogens is 2. The summed E-state index contributed by atoms with van der Waals surface area (Å²) >= 11 is 0.883. The molecule has 0 saturated carbocycles. The molecule has 1 aromatic heterocycles. The molecule has 0 unspecified atom stereocenters. The van der Waals surface area contributed by atoms with Crippen LogP contribution in [0.5, 0.6) is 0 Å². The van der Waals surface area contributed by atoms with E-state index in [0.29, 0.717) is 0 Å². The van der Waals surface area contributed by atoms with Crippen LogP contribution in [-0.2, 0) is 4.79 Å².